The fourth-order valence-corrected chi connectivity index (χ4v) is 2.62. The zero-order valence-electron chi connectivity index (χ0n) is 12.8. The van der Waals surface area contributed by atoms with Crippen LogP contribution in [0.3, 0.4) is 0 Å². The molecule has 0 aliphatic heterocycles. The molecule has 0 spiro atoms. The molecule has 1 rings (SSSR count). The number of nitrogens with two attached hydrogens (primary N) is 1. The van der Waals surface area contributed by atoms with E-state index in [1.165, 1.54) is 25.0 Å². The van der Waals surface area contributed by atoms with Crippen molar-refractivity contribution < 1.29 is 4.79 Å². The van der Waals surface area contributed by atoms with Crippen molar-refractivity contribution in [2.75, 3.05) is 24.3 Å². The lowest BCUT2D eigenvalue weighted by molar-refractivity contribution is 0.0942. The van der Waals surface area contributed by atoms with Gasteiger partial charge in [-0.1, -0.05) is 12.8 Å². The molecule has 0 saturated heterocycles. The minimum atomic E-state index is -0.0282. The molecule has 0 aromatic carbocycles. The number of thioether (sulfide) groups is 1. The van der Waals surface area contributed by atoms with Gasteiger partial charge in [-0.15, -0.1) is 0 Å². The molecule has 0 aliphatic carbocycles. The van der Waals surface area contributed by atoms with Crippen LogP contribution in [0.5, 0.6) is 0 Å². The maximum Gasteiger partial charge on any atom is 0.267 e. The van der Waals surface area contributed by atoms with Gasteiger partial charge in [-0.2, -0.15) is 11.8 Å². The van der Waals surface area contributed by atoms with Crippen LogP contribution in [0.25, 0.3) is 0 Å². The first-order chi connectivity index (χ1) is 9.56. The van der Waals surface area contributed by atoms with Crippen molar-refractivity contribution in [2.45, 2.75) is 45.6 Å². The van der Waals surface area contributed by atoms with Crippen LogP contribution >= 0.6 is 11.8 Å². The molecule has 1 aromatic rings. The number of anilines is 1. The molecule has 0 unspecified atom stereocenters. The maximum absolute atomic E-state index is 12.1. The van der Waals surface area contributed by atoms with Gasteiger partial charge >= 0.3 is 0 Å². The summed E-state index contributed by atoms with van der Waals surface area (Å²) in [4.78, 5) is 12.1. The Morgan fingerprint density at radius 2 is 2.05 bits per heavy atom. The highest BCUT2D eigenvalue weighted by atomic mass is 32.2. The minimum Gasteiger partial charge on any atom is -0.397 e. The van der Waals surface area contributed by atoms with Crippen molar-refractivity contribution >= 4 is 23.4 Å². The fourth-order valence-electron chi connectivity index (χ4n) is 2.13. The highest BCUT2D eigenvalue weighted by Gasteiger charge is 2.13. The number of nitrogens with one attached hydrogen (secondary N) is 1. The highest BCUT2D eigenvalue weighted by molar-refractivity contribution is 7.98. The van der Waals surface area contributed by atoms with Gasteiger partial charge in [0.25, 0.3) is 5.91 Å². The Hall–Kier alpha value is -1.10. The number of hydrogen-bond donors (Lipinski definition) is 2. The molecule has 0 atom stereocenters. The van der Waals surface area contributed by atoms with Gasteiger partial charge in [0, 0.05) is 18.8 Å². The monoisotopic (exact) mass is 297 g/mol. The maximum atomic E-state index is 12.1. The number of hydrogen-bond acceptors (Lipinski definition) is 3. The lowest BCUT2D eigenvalue weighted by atomic mass is 10.2. The molecule has 0 bridgehead atoms. The Morgan fingerprint density at radius 3 is 2.70 bits per heavy atom. The van der Waals surface area contributed by atoms with Gasteiger partial charge in [0.05, 0.1) is 5.69 Å². The highest BCUT2D eigenvalue weighted by Crippen LogP contribution is 2.16. The van der Waals surface area contributed by atoms with Gasteiger partial charge < -0.3 is 15.6 Å². The second-order valence-electron chi connectivity index (χ2n) is 5.32. The predicted octanol–water partition coefficient (Wildman–Crippen LogP) is 3.30. The van der Waals surface area contributed by atoms with Crippen LogP contribution in [-0.2, 0) is 0 Å². The minimum absolute atomic E-state index is 0.0282. The third kappa shape index (κ3) is 5.49. The average Bonchev–Trinajstić information content (AvgIpc) is 2.80. The summed E-state index contributed by atoms with van der Waals surface area (Å²) in [5.41, 5.74) is 7.07. The molecule has 1 aromatic heterocycles. The number of nitrogen functional groups attached to an aromatic ring is 1. The summed E-state index contributed by atoms with van der Waals surface area (Å²) < 4.78 is 1.92. The van der Waals surface area contributed by atoms with Crippen molar-refractivity contribution in [2.24, 2.45) is 0 Å². The van der Waals surface area contributed by atoms with Crippen molar-refractivity contribution in [3.05, 3.63) is 18.0 Å². The summed E-state index contributed by atoms with van der Waals surface area (Å²) in [6, 6.07) is 1.98. The van der Waals surface area contributed by atoms with E-state index in [0.29, 0.717) is 11.4 Å². The molecule has 0 aliphatic rings. The van der Waals surface area contributed by atoms with E-state index in [1.54, 1.807) is 6.07 Å². The van der Waals surface area contributed by atoms with E-state index in [1.807, 2.05) is 36.4 Å². The summed E-state index contributed by atoms with van der Waals surface area (Å²) in [6.45, 7) is 4.82. The normalized spacial score (nSPS) is 11.0. The van der Waals surface area contributed by atoms with E-state index in [-0.39, 0.29) is 11.9 Å². The van der Waals surface area contributed by atoms with Crippen LogP contribution in [0.1, 0.15) is 56.1 Å². The van der Waals surface area contributed by atoms with Crippen LogP contribution in [0.2, 0.25) is 0 Å². The molecule has 5 heteroatoms. The molecule has 20 heavy (non-hydrogen) atoms. The van der Waals surface area contributed by atoms with Crippen LogP contribution < -0.4 is 11.1 Å². The molecule has 114 valence electrons. The van der Waals surface area contributed by atoms with E-state index in [4.69, 9.17) is 5.73 Å². The van der Waals surface area contributed by atoms with Crippen molar-refractivity contribution in [3.63, 3.8) is 0 Å². The molecule has 1 amide bonds. The first kappa shape index (κ1) is 17.0. The number of carbonyl (C=O) groups is 1. The lowest BCUT2D eigenvalue weighted by Gasteiger charge is -2.12. The van der Waals surface area contributed by atoms with Gasteiger partial charge in [-0.25, -0.2) is 0 Å². The van der Waals surface area contributed by atoms with E-state index in [0.717, 1.165) is 13.0 Å². The second-order valence-corrected chi connectivity index (χ2v) is 6.31. The smallest absolute Gasteiger partial charge is 0.267 e. The van der Waals surface area contributed by atoms with E-state index < -0.39 is 0 Å². The molecule has 3 N–H and O–H groups in total. The van der Waals surface area contributed by atoms with Gasteiger partial charge in [-0.3, -0.25) is 4.79 Å². The molecular weight excluding hydrogens is 270 g/mol. The van der Waals surface area contributed by atoms with Crippen LogP contribution in [0.15, 0.2) is 12.3 Å². The Labute approximate surface area is 126 Å². The predicted molar refractivity (Wildman–Crippen MR) is 88.4 cm³/mol. The summed E-state index contributed by atoms with van der Waals surface area (Å²) >= 11 is 1.89. The largest absolute Gasteiger partial charge is 0.397 e. The van der Waals surface area contributed by atoms with Crippen LogP contribution in [0, 0.1) is 0 Å². The fraction of sp³-hybridized carbons (Fsp3) is 0.667. The Morgan fingerprint density at radius 1 is 1.35 bits per heavy atom. The molecule has 4 nitrogen and oxygen atoms in total. The Bertz CT molecular complexity index is 415. The summed E-state index contributed by atoms with van der Waals surface area (Å²) in [5, 5.41) is 2.98. The van der Waals surface area contributed by atoms with Crippen molar-refractivity contribution in [3.8, 4) is 0 Å². The standard InChI is InChI=1S/C15H27N3OS/c1-12(2)18-11-13(16)10-14(18)15(19)17-8-6-4-5-7-9-20-3/h10-12H,4-9,16H2,1-3H3,(H,17,19). The Kier molecular flexibility index (Phi) is 7.59. The molecule has 0 radical (unpaired) electrons. The lowest BCUT2D eigenvalue weighted by Crippen LogP contribution is -2.27. The quantitative estimate of drug-likeness (QED) is 0.688. The first-order valence-electron chi connectivity index (χ1n) is 7.30. The van der Waals surface area contributed by atoms with E-state index in [9.17, 15) is 4.79 Å². The Balaban J connectivity index is 2.32. The zero-order chi connectivity index (χ0) is 15.0. The van der Waals surface area contributed by atoms with Crippen molar-refractivity contribution in [1.29, 1.82) is 0 Å². The number of nitrogens with zero attached hydrogens (tertiary/aromatic N) is 1. The van der Waals surface area contributed by atoms with E-state index in [2.05, 4.69) is 11.6 Å². The first-order valence-corrected chi connectivity index (χ1v) is 8.70. The molecular formula is C15H27N3OS. The topological polar surface area (TPSA) is 60.1 Å². The third-order valence-corrected chi connectivity index (χ3v) is 3.92. The third-order valence-electron chi connectivity index (χ3n) is 3.22. The molecule has 1 heterocycles. The van der Waals surface area contributed by atoms with Gasteiger partial charge in [0.15, 0.2) is 0 Å². The summed E-state index contributed by atoms with van der Waals surface area (Å²) in [6.07, 6.45) is 8.68. The van der Waals surface area contributed by atoms with Crippen LogP contribution in [-0.4, -0.2) is 29.0 Å². The SMILES string of the molecule is CSCCCCCCNC(=O)c1cc(N)cn1C(C)C. The van der Waals surface area contributed by atoms with Crippen LogP contribution in [0.4, 0.5) is 5.69 Å². The van der Waals surface area contributed by atoms with Crippen molar-refractivity contribution in [1.82, 2.24) is 9.88 Å². The number of unbranched alkanes of at least 4 members (excludes halogenated alkanes) is 3. The zero-order valence-corrected chi connectivity index (χ0v) is 13.6. The number of rotatable bonds is 9. The summed E-state index contributed by atoms with van der Waals surface area (Å²) in [5.74, 6) is 1.20. The van der Waals surface area contributed by atoms with Gasteiger partial charge in [0.2, 0.25) is 0 Å². The second kappa shape index (κ2) is 8.95. The molecule has 0 fully saturated rings. The van der Waals surface area contributed by atoms with Gasteiger partial charge in [0.1, 0.15) is 5.69 Å². The number of carbonyl (C=O) groups excluding carboxylic acids is 1. The molecule has 0 saturated carbocycles. The average molecular weight is 297 g/mol. The number of aromatic nitrogens is 1. The van der Waals surface area contributed by atoms with Gasteiger partial charge in [-0.05, 0) is 44.8 Å². The summed E-state index contributed by atoms with van der Waals surface area (Å²) in [7, 11) is 0. The van der Waals surface area contributed by atoms with E-state index >= 15 is 0 Å². The number of amides is 1.